The highest BCUT2D eigenvalue weighted by Crippen LogP contribution is 2.48. The molecule has 0 atom stereocenters. The molecule has 0 bridgehead atoms. The van der Waals surface area contributed by atoms with Crippen LogP contribution in [0, 0.1) is 5.41 Å². The van der Waals surface area contributed by atoms with Gasteiger partial charge in [-0.05, 0) is 62.3 Å². The predicted molar refractivity (Wildman–Crippen MR) is 109 cm³/mol. The zero-order chi connectivity index (χ0) is 17.0. The van der Waals surface area contributed by atoms with E-state index in [1.165, 1.54) is 69.0 Å². The molecule has 2 saturated carbocycles. The molecule has 2 heteroatoms. The van der Waals surface area contributed by atoms with Gasteiger partial charge in [-0.15, -0.1) is 0 Å². The Kier molecular flexibility index (Phi) is 13.1. The van der Waals surface area contributed by atoms with Gasteiger partial charge in [-0.3, -0.25) is 5.10 Å². The molecular weight excluding hydrogens is 292 g/mol. The molecule has 1 heterocycles. The van der Waals surface area contributed by atoms with Crippen LogP contribution in [0.15, 0.2) is 6.20 Å². The molecule has 4 rings (SSSR count). The molecule has 0 unspecified atom stereocenters. The second-order valence-corrected chi connectivity index (χ2v) is 6.85. The lowest BCUT2D eigenvalue weighted by Crippen LogP contribution is -2.19. The molecule has 0 amide bonds. The average Bonchev–Trinajstić information content (AvgIpc) is 3.29. The fourth-order valence-corrected chi connectivity index (χ4v) is 4.31. The summed E-state index contributed by atoms with van der Waals surface area (Å²) in [6.07, 6.45) is 20.9. The molecule has 1 aromatic rings. The smallest absolute Gasteiger partial charge is 0.0522 e. The van der Waals surface area contributed by atoms with Crippen LogP contribution in [0.2, 0.25) is 0 Å². The lowest BCUT2D eigenvalue weighted by Gasteiger charge is -2.32. The van der Waals surface area contributed by atoms with Crippen LogP contribution in [-0.4, -0.2) is 10.2 Å². The second kappa shape index (κ2) is 13.5. The van der Waals surface area contributed by atoms with Gasteiger partial charge < -0.3 is 0 Å². The monoisotopic (exact) mass is 336 g/mol. The van der Waals surface area contributed by atoms with Crippen LogP contribution in [0.3, 0.4) is 0 Å². The normalized spacial score (nSPS) is 20.0. The van der Waals surface area contributed by atoms with Gasteiger partial charge in [-0.1, -0.05) is 67.2 Å². The molecule has 2 fully saturated rings. The first-order valence-corrected chi connectivity index (χ1v) is 10.4. The first-order chi connectivity index (χ1) is 11.4. The van der Waals surface area contributed by atoms with Crippen molar-refractivity contribution in [3.05, 3.63) is 17.5 Å². The van der Waals surface area contributed by atoms with Crippen molar-refractivity contribution in [2.24, 2.45) is 5.41 Å². The minimum Gasteiger partial charge on any atom is -0.282 e. The van der Waals surface area contributed by atoms with E-state index in [2.05, 4.69) is 10.2 Å². The van der Waals surface area contributed by atoms with Crippen molar-refractivity contribution in [2.75, 3.05) is 0 Å². The number of H-pyrrole nitrogens is 1. The van der Waals surface area contributed by atoms with E-state index in [4.69, 9.17) is 0 Å². The molecule has 0 aliphatic heterocycles. The van der Waals surface area contributed by atoms with Gasteiger partial charge in [0, 0.05) is 5.69 Å². The fourth-order valence-electron chi connectivity index (χ4n) is 4.31. The predicted octanol–water partition coefficient (Wildman–Crippen LogP) is 7.49. The van der Waals surface area contributed by atoms with Crippen LogP contribution in [0.4, 0.5) is 0 Å². The Labute approximate surface area is 152 Å². The third-order valence-corrected chi connectivity index (χ3v) is 5.51. The van der Waals surface area contributed by atoms with Crippen molar-refractivity contribution in [2.45, 2.75) is 119 Å². The number of aromatic nitrogens is 2. The number of hydrogen-bond acceptors (Lipinski definition) is 1. The summed E-state index contributed by atoms with van der Waals surface area (Å²) in [5, 5.41) is 6.99. The lowest BCUT2D eigenvalue weighted by molar-refractivity contribution is 0.197. The van der Waals surface area contributed by atoms with Gasteiger partial charge >= 0.3 is 0 Å². The summed E-state index contributed by atoms with van der Waals surface area (Å²) in [4.78, 5) is 0. The van der Waals surface area contributed by atoms with E-state index >= 15 is 0 Å². The molecule has 1 N–H and O–H groups in total. The molecule has 3 aliphatic carbocycles. The van der Waals surface area contributed by atoms with E-state index in [1.807, 2.05) is 33.9 Å². The Bertz CT molecular complexity index is 360. The minimum absolute atomic E-state index is 0. The lowest BCUT2D eigenvalue weighted by atomic mass is 9.73. The number of nitrogens with one attached hydrogen (secondary N) is 1. The molecule has 0 radical (unpaired) electrons. The van der Waals surface area contributed by atoms with Gasteiger partial charge in [0.25, 0.3) is 0 Å². The first kappa shape index (κ1) is 23.2. The van der Waals surface area contributed by atoms with Gasteiger partial charge in [0.2, 0.25) is 0 Å². The zero-order valence-electron chi connectivity index (χ0n) is 16.2. The molecule has 2 nitrogen and oxygen atoms in total. The second-order valence-electron chi connectivity index (χ2n) is 6.85. The maximum absolute atomic E-state index is 3.98. The summed E-state index contributed by atoms with van der Waals surface area (Å²) in [6.45, 7) is 8.00. The van der Waals surface area contributed by atoms with Gasteiger partial charge in [0.1, 0.15) is 0 Å². The van der Waals surface area contributed by atoms with E-state index in [-0.39, 0.29) is 7.43 Å². The summed E-state index contributed by atoms with van der Waals surface area (Å²) in [5.41, 5.74) is 3.67. The Morgan fingerprint density at radius 3 is 1.79 bits per heavy atom. The van der Waals surface area contributed by atoms with Crippen LogP contribution >= 0.6 is 0 Å². The van der Waals surface area contributed by atoms with Crippen LogP contribution in [-0.2, 0) is 12.8 Å². The van der Waals surface area contributed by atoms with Crippen molar-refractivity contribution in [1.29, 1.82) is 0 Å². The van der Waals surface area contributed by atoms with Crippen LogP contribution in [0.25, 0.3) is 0 Å². The van der Waals surface area contributed by atoms with Crippen LogP contribution in [0.5, 0.6) is 0 Å². The third-order valence-electron chi connectivity index (χ3n) is 5.51. The maximum atomic E-state index is 3.98. The number of aryl methyl sites for hydroxylation is 2. The molecule has 0 saturated heterocycles. The summed E-state index contributed by atoms with van der Waals surface area (Å²) in [5.74, 6) is 0. The molecule has 0 aromatic carbocycles. The molecular formula is C22H44N2. The summed E-state index contributed by atoms with van der Waals surface area (Å²) in [7, 11) is 0. The van der Waals surface area contributed by atoms with Crippen molar-refractivity contribution < 1.29 is 0 Å². The van der Waals surface area contributed by atoms with Gasteiger partial charge in [-0.2, -0.15) is 5.10 Å². The standard InChI is InChI=1S/C10H18.C7H10N2.2C2H6.CH4/c1-2-6-10(7-3-1)8-4-5-9-10;1-2-4-7-6(3-1)5-8-9-7;2*1-2;/h1-9H2;5H,1-4H2,(H,8,9);2*1-2H3;1H4. The Morgan fingerprint density at radius 2 is 1.25 bits per heavy atom. The summed E-state index contributed by atoms with van der Waals surface area (Å²) in [6, 6.07) is 0. The van der Waals surface area contributed by atoms with E-state index in [1.54, 1.807) is 25.7 Å². The first-order valence-electron chi connectivity index (χ1n) is 10.4. The minimum atomic E-state index is 0. The van der Waals surface area contributed by atoms with Crippen molar-refractivity contribution in [1.82, 2.24) is 10.2 Å². The van der Waals surface area contributed by atoms with Crippen LogP contribution < -0.4 is 0 Å². The number of hydrogen-bond donors (Lipinski definition) is 1. The van der Waals surface area contributed by atoms with E-state index in [0.717, 1.165) is 5.41 Å². The Morgan fingerprint density at radius 1 is 0.750 bits per heavy atom. The molecule has 3 aliphatic rings. The van der Waals surface area contributed by atoms with Crippen LogP contribution in [0.1, 0.15) is 117 Å². The largest absolute Gasteiger partial charge is 0.282 e. The molecule has 142 valence electrons. The number of fused-ring (bicyclic) bond motifs is 1. The quantitative estimate of drug-likeness (QED) is 0.522. The zero-order valence-corrected chi connectivity index (χ0v) is 16.2. The highest BCUT2D eigenvalue weighted by atomic mass is 15.1. The highest BCUT2D eigenvalue weighted by Gasteiger charge is 2.34. The third kappa shape index (κ3) is 6.99. The van der Waals surface area contributed by atoms with Gasteiger partial charge in [0.15, 0.2) is 0 Å². The topological polar surface area (TPSA) is 28.7 Å². The number of nitrogens with zero attached hydrogens (tertiary/aromatic N) is 1. The van der Waals surface area contributed by atoms with Crippen molar-refractivity contribution >= 4 is 0 Å². The molecule has 24 heavy (non-hydrogen) atoms. The van der Waals surface area contributed by atoms with Gasteiger partial charge in [-0.25, -0.2) is 0 Å². The highest BCUT2D eigenvalue weighted by molar-refractivity contribution is 5.18. The van der Waals surface area contributed by atoms with Gasteiger partial charge in [0.05, 0.1) is 6.20 Å². The van der Waals surface area contributed by atoms with E-state index < -0.39 is 0 Å². The fraction of sp³-hybridized carbons (Fsp3) is 0.864. The van der Waals surface area contributed by atoms with Crippen molar-refractivity contribution in [3.8, 4) is 0 Å². The summed E-state index contributed by atoms with van der Waals surface area (Å²) >= 11 is 0. The molecule has 1 spiro atoms. The average molecular weight is 337 g/mol. The Hall–Kier alpha value is -0.790. The maximum Gasteiger partial charge on any atom is 0.0522 e. The SMILES string of the molecule is C.C1CCC2(CC1)CCCC2.CC.CC.c1n[nH]c2c1CCCC2. The number of aromatic amines is 1. The van der Waals surface area contributed by atoms with Crippen molar-refractivity contribution in [3.63, 3.8) is 0 Å². The molecule has 1 aromatic heterocycles. The number of rotatable bonds is 0. The Balaban J connectivity index is 0.000000355. The van der Waals surface area contributed by atoms with E-state index in [0.29, 0.717) is 0 Å². The summed E-state index contributed by atoms with van der Waals surface area (Å²) < 4.78 is 0. The van der Waals surface area contributed by atoms with E-state index in [9.17, 15) is 0 Å².